The molecule has 1 atom stereocenters. The number of hydrogen-bond acceptors (Lipinski definition) is 2. The molecule has 0 aromatic heterocycles. The van der Waals surface area contributed by atoms with Crippen molar-refractivity contribution in [3.05, 3.63) is 0 Å². The molecule has 0 amide bonds. The first-order valence-electron chi connectivity index (χ1n) is 5.09. The molecule has 1 N–H and O–H groups in total. The molecular formula is C10H22ClNS. The first kappa shape index (κ1) is 13.6. The van der Waals surface area contributed by atoms with E-state index in [-0.39, 0.29) is 0 Å². The van der Waals surface area contributed by atoms with E-state index >= 15 is 0 Å². The lowest BCUT2D eigenvalue weighted by molar-refractivity contribution is 0.400. The smallest absolute Gasteiger partial charge is 0.0238 e. The Bertz CT molecular complexity index is 109. The molecule has 0 aromatic rings. The van der Waals surface area contributed by atoms with Gasteiger partial charge in [-0.1, -0.05) is 20.8 Å². The van der Waals surface area contributed by atoms with Crippen LogP contribution in [0.5, 0.6) is 0 Å². The standard InChI is InChI=1S/C10H22ClNS/c1-4-13-8-7-12-10(5-6-11)9(2)3/h9-10,12H,4-8H2,1-3H3. The monoisotopic (exact) mass is 223 g/mol. The summed E-state index contributed by atoms with van der Waals surface area (Å²) in [5, 5.41) is 3.55. The van der Waals surface area contributed by atoms with Crippen LogP contribution in [0, 0.1) is 5.92 Å². The van der Waals surface area contributed by atoms with Crippen molar-refractivity contribution < 1.29 is 0 Å². The zero-order chi connectivity index (χ0) is 10.1. The molecule has 0 spiro atoms. The quantitative estimate of drug-likeness (QED) is 0.502. The largest absolute Gasteiger partial charge is 0.313 e. The summed E-state index contributed by atoms with van der Waals surface area (Å²) in [6.07, 6.45) is 1.08. The summed E-state index contributed by atoms with van der Waals surface area (Å²) in [5.74, 6) is 3.87. The Morgan fingerprint density at radius 1 is 1.38 bits per heavy atom. The second kappa shape index (κ2) is 9.17. The third-order valence-corrected chi connectivity index (χ3v) is 3.20. The van der Waals surface area contributed by atoms with E-state index in [1.54, 1.807) is 0 Å². The van der Waals surface area contributed by atoms with Crippen LogP contribution in [-0.4, -0.2) is 30.0 Å². The number of hydrogen-bond donors (Lipinski definition) is 1. The maximum atomic E-state index is 5.74. The molecule has 0 rings (SSSR count). The van der Waals surface area contributed by atoms with Gasteiger partial charge in [-0.15, -0.1) is 11.6 Å². The highest BCUT2D eigenvalue weighted by molar-refractivity contribution is 7.99. The molecule has 1 unspecified atom stereocenters. The molecule has 0 saturated carbocycles. The molecule has 1 nitrogen and oxygen atoms in total. The van der Waals surface area contributed by atoms with Crippen LogP contribution in [-0.2, 0) is 0 Å². The average Bonchev–Trinajstić information content (AvgIpc) is 2.10. The van der Waals surface area contributed by atoms with E-state index in [9.17, 15) is 0 Å². The van der Waals surface area contributed by atoms with Crippen molar-refractivity contribution in [3.8, 4) is 0 Å². The normalized spacial score (nSPS) is 13.6. The third-order valence-electron chi connectivity index (χ3n) is 2.08. The third kappa shape index (κ3) is 7.65. The molecule has 13 heavy (non-hydrogen) atoms. The van der Waals surface area contributed by atoms with Gasteiger partial charge in [0.1, 0.15) is 0 Å². The molecule has 0 bridgehead atoms. The van der Waals surface area contributed by atoms with Gasteiger partial charge >= 0.3 is 0 Å². The van der Waals surface area contributed by atoms with Crippen molar-refractivity contribution in [2.45, 2.75) is 33.2 Å². The van der Waals surface area contributed by atoms with Crippen LogP contribution in [0.2, 0.25) is 0 Å². The van der Waals surface area contributed by atoms with Gasteiger partial charge in [0.15, 0.2) is 0 Å². The summed E-state index contributed by atoms with van der Waals surface area (Å²) in [4.78, 5) is 0. The number of nitrogens with one attached hydrogen (secondary N) is 1. The van der Waals surface area contributed by atoms with Crippen molar-refractivity contribution in [1.29, 1.82) is 0 Å². The van der Waals surface area contributed by atoms with Crippen LogP contribution in [0.4, 0.5) is 0 Å². The zero-order valence-electron chi connectivity index (χ0n) is 8.98. The summed E-state index contributed by atoms with van der Waals surface area (Å²) >= 11 is 7.72. The lowest BCUT2D eigenvalue weighted by Gasteiger charge is -2.21. The van der Waals surface area contributed by atoms with Crippen LogP contribution in [0.15, 0.2) is 0 Å². The van der Waals surface area contributed by atoms with Gasteiger partial charge in [-0.25, -0.2) is 0 Å². The van der Waals surface area contributed by atoms with Gasteiger partial charge in [0, 0.05) is 24.2 Å². The van der Waals surface area contributed by atoms with Crippen molar-refractivity contribution in [3.63, 3.8) is 0 Å². The van der Waals surface area contributed by atoms with E-state index in [1.807, 2.05) is 11.8 Å². The minimum absolute atomic E-state index is 0.593. The van der Waals surface area contributed by atoms with Crippen molar-refractivity contribution >= 4 is 23.4 Å². The van der Waals surface area contributed by atoms with Crippen LogP contribution >= 0.6 is 23.4 Å². The minimum Gasteiger partial charge on any atom is -0.313 e. The fraction of sp³-hybridized carbons (Fsp3) is 1.00. The molecule has 0 aliphatic carbocycles. The highest BCUT2D eigenvalue weighted by atomic mass is 35.5. The fourth-order valence-corrected chi connectivity index (χ4v) is 2.04. The molecule has 0 fully saturated rings. The summed E-state index contributed by atoms with van der Waals surface area (Å²) in [5.41, 5.74) is 0. The number of alkyl halides is 1. The topological polar surface area (TPSA) is 12.0 Å². The van der Waals surface area contributed by atoms with Crippen molar-refractivity contribution in [1.82, 2.24) is 5.32 Å². The van der Waals surface area contributed by atoms with Crippen LogP contribution in [0.25, 0.3) is 0 Å². The van der Waals surface area contributed by atoms with E-state index in [1.165, 1.54) is 11.5 Å². The highest BCUT2D eigenvalue weighted by Gasteiger charge is 2.10. The van der Waals surface area contributed by atoms with Crippen LogP contribution < -0.4 is 5.32 Å². The molecule has 0 saturated heterocycles. The maximum absolute atomic E-state index is 5.74. The van der Waals surface area contributed by atoms with Crippen molar-refractivity contribution in [2.75, 3.05) is 23.9 Å². The number of thioether (sulfide) groups is 1. The predicted molar refractivity (Wildman–Crippen MR) is 65.0 cm³/mol. The summed E-state index contributed by atoms with van der Waals surface area (Å²) in [6, 6.07) is 0.593. The Hall–Kier alpha value is 0.600. The second-order valence-electron chi connectivity index (χ2n) is 3.48. The first-order chi connectivity index (χ1) is 6.22. The summed E-state index contributed by atoms with van der Waals surface area (Å²) < 4.78 is 0. The van der Waals surface area contributed by atoms with E-state index < -0.39 is 0 Å². The molecule has 0 radical (unpaired) electrons. The second-order valence-corrected chi connectivity index (χ2v) is 5.25. The van der Waals surface area contributed by atoms with E-state index in [0.29, 0.717) is 12.0 Å². The van der Waals surface area contributed by atoms with Gasteiger partial charge in [0.2, 0.25) is 0 Å². The maximum Gasteiger partial charge on any atom is 0.0238 e. The molecule has 80 valence electrons. The van der Waals surface area contributed by atoms with Gasteiger partial charge in [0.25, 0.3) is 0 Å². The van der Waals surface area contributed by atoms with Gasteiger partial charge in [-0.3, -0.25) is 0 Å². The van der Waals surface area contributed by atoms with Gasteiger partial charge in [-0.2, -0.15) is 11.8 Å². The Morgan fingerprint density at radius 3 is 2.54 bits per heavy atom. The average molecular weight is 224 g/mol. The Balaban J connectivity index is 3.45. The molecular weight excluding hydrogens is 202 g/mol. The summed E-state index contributed by atoms with van der Waals surface area (Å²) in [7, 11) is 0. The number of halogens is 1. The van der Waals surface area contributed by atoms with E-state index in [0.717, 1.165) is 18.8 Å². The van der Waals surface area contributed by atoms with Crippen molar-refractivity contribution in [2.24, 2.45) is 5.92 Å². The Morgan fingerprint density at radius 2 is 2.08 bits per heavy atom. The van der Waals surface area contributed by atoms with Gasteiger partial charge in [0.05, 0.1) is 0 Å². The van der Waals surface area contributed by atoms with Gasteiger partial charge in [-0.05, 0) is 18.1 Å². The predicted octanol–water partition coefficient (Wildman–Crippen LogP) is 2.98. The lowest BCUT2D eigenvalue weighted by Crippen LogP contribution is -2.35. The SMILES string of the molecule is CCSCCNC(CCCl)C(C)C. The molecule has 0 aromatic carbocycles. The van der Waals surface area contributed by atoms with E-state index in [2.05, 4.69) is 26.1 Å². The van der Waals surface area contributed by atoms with Crippen LogP contribution in [0.1, 0.15) is 27.2 Å². The first-order valence-corrected chi connectivity index (χ1v) is 6.78. The summed E-state index contributed by atoms with van der Waals surface area (Å²) in [6.45, 7) is 7.80. The van der Waals surface area contributed by atoms with Gasteiger partial charge < -0.3 is 5.32 Å². The Labute approximate surface area is 92.0 Å². The molecule has 0 aliphatic heterocycles. The highest BCUT2D eigenvalue weighted by Crippen LogP contribution is 2.07. The van der Waals surface area contributed by atoms with E-state index in [4.69, 9.17) is 11.6 Å². The minimum atomic E-state index is 0.593. The fourth-order valence-electron chi connectivity index (χ4n) is 1.25. The molecule has 3 heteroatoms. The van der Waals surface area contributed by atoms with Crippen LogP contribution in [0.3, 0.4) is 0 Å². The number of rotatable bonds is 8. The zero-order valence-corrected chi connectivity index (χ0v) is 10.5. The molecule has 0 heterocycles. The molecule has 0 aliphatic rings. The Kier molecular flexibility index (Phi) is 9.59. The lowest BCUT2D eigenvalue weighted by atomic mass is 10.0.